The number of anilines is 1. The molecule has 0 radical (unpaired) electrons. The molecule has 0 spiro atoms. The fourth-order valence-electron chi connectivity index (χ4n) is 0.597. The van der Waals surface area contributed by atoms with Gasteiger partial charge in [0.2, 0.25) is 5.95 Å². The van der Waals surface area contributed by atoms with Gasteiger partial charge in [-0.05, 0) is 0 Å². The van der Waals surface area contributed by atoms with E-state index in [1.54, 1.807) is 26.6 Å². The second-order valence-electron chi connectivity index (χ2n) is 2.03. The average molecular weight is 154 g/mol. The van der Waals surface area contributed by atoms with Crippen LogP contribution in [0.15, 0.2) is 12.4 Å². The van der Waals surface area contributed by atoms with E-state index in [0.717, 1.165) is 0 Å². The SMILES string of the molecule is COc1cnc(N(C)N)nc1. The third kappa shape index (κ3) is 1.78. The van der Waals surface area contributed by atoms with Gasteiger partial charge in [0.25, 0.3) is 0 Å². The van der Waals surface area contributed by atoms with Gasteiger partial charge in [-0.25, -0.2) is 15.8 Å². The molecule has 0 aliphatic rings. The molecule has 1 aromatic rings. The summed E-state index contributed by atoms with van der Waals surface area (Å²) in [5.74, 6) is 6.46. The highest BCUT2D eigenvalue weighted by Crippen LogP contribution is 2.07. The first-order valence-corrected chi connectivity index (χ1v) is 3.08. The van der Waals surface area contributed by atoms with E-state index in [9.17, 15) is 0 Å². The predicted molar refractivity (Wildman–Crippen MR) is 41.2 cm³/mol. The molecule has 0 saturated carbocycles. The highest BCUT2D eigenvalue weighted by Gasteiger charge is 1.97. The lowest BCUT2D eigenvalue weighted by Gasteiger charge is -2.08. The maximum Gasteiger partial charge on any atom is 0.239 e. The number of rotatable bonds is 2. The van der Waals surface area contributed by atoms with Crippen LogP contribution in [0.3, 0.4) is 0 Å². The van der Waals surface area contributed by atoms with Crippen LogP contribution in [0, 0.1) is 0 Å². The average Bonchev–Trinajstić information content (AvgIpc) is 2.05. The second kappa shape index (κ2) is 3.16. The molecule has 60 valence electrons. The van der Waals surface area contributed by atoms with E-state index in [1.165, 1.54) is 5.01 Å². The molecular weight excluding hydrogens is 144 g/mol. The minimum Gasteiger partial charge on any atom is -0.494 e. The van der Waals surface area contributed by atoms with Crippen molar-refractivity contribution in [3.8, 4) is 5.75 Å². The number of nitrogens with zero attached hydrogens (tertiary/aromatic N) is 3. The third-order valence-electron chi connectivity index (χ3n) is 1.17. The van der Waals surface area contributed by atoms with Crippen molar-refractivity contribution in [3.05, 3.63) is 12.4 Å². The van der Waals surface area contributed by atoms with Crippen LogP contribution in [0.5, 0.6) is 5.75 Å². The van der Waals surface area contributed by atoms with Gasteiger partial charge in [0, 0.05) is 7.05 Å². The van der Waals surface area contributed by atoms with Crippen molar-refractivity contribution >= 4 is 5.95 Å². The van der Waals surface area contributed by atoms with Crippen LogP contribution in [0.2, 0.25) is 0 Å². The summed E-state index contributed by atoms with van der Waals surface area (Å²) in [5.41, 5.74) is 0. The molecule has 1 heterocycles. The Balaban J connectivity index is 2.83. The van der Waals surface area contributed by atoms with Crippen LogP contribution >= 0.6 is 0 Å². The Morgan fingerprint density at radius 1 is 1.45 bits per heavy atom. The second-order valence-corrected chi connectivity index (χ2v) is 2.03. The fraction of sp³-hybridized carbons (Fsp3) is 0.333. The zero-order valence-electron chi connectivity index (χ0n) is 6.48. The van der Waals surface area contributed by atoms with Gasteiger partial charge in [0.1, 0.15) is 0 Å². The summed E-state index contributed by atoms with van der Waals surface area (Å²) in [4.78, 5) is 7.83. The van der Waals surface area contributed by atoms with Crippen LogP contribution in [0.4, 0.5) is 5.95 Å². The number of nitrogens with two attached hydrogens (primary N) is 1. The molecule has 1 rings (SSSR count). The summed E-state index contributed by atoms with van der Waals surface area (Å²) in [5, 5.41) is 1.33. The van der Waals surface area contributed by atoms with Gasteiger partial charge < -0.3 is 4.74 Å². The standard InChI is InChI=1S/C6H10N4O/c1-10(7)6-8-3-5(11-2)4-9-6/h3-4H,7H2,1-2H3. The van der Waals surface area contributed by atoms with Crippen LogP contribution in [0.1, 0.15) is 0 Å². The smallest absolute Gasteiger partial charge is 0.239 e. The minimum absolute atomic E-state index is 0.464. The minimum atomic E-state index is 0.464. The van der Waals surface area contributed by atoms with Gasteiger partial charge in [0.05, 0.1) is 19.5 Å². The van der Waals surface area contributed by atoms with Crippen molar-refractivity contribution in [1.29, 1.82) is 0 Å². The first kappa shape index (κ1) is 7.74. The Morgan fingerprint density at radius 3 is 2.36 bits per heavy atom. The molecule has 0 amide bonds. The summed E-state index contributed by atoms with van der Waals surface area (Å²) >= 11 is 0. The first-order chi connectivity index (χ1) is 5.24. The maximum absolute atomic E-state index is 5.37. The number of hydrogen-bond donors (Lipinski definition) is 1. The summed E-state index contributed by atoms with van der Waals surface area (Å²) in [7, 11) is 3.23. The first-order valence-electron chi connectivity index (χ1n) is 3.08. The van der Waals surface area contributed by atoms with Crippen molar-refractivity contribution in [2.75, 3.05) is 19.2 Å². The summed E-state index contributed by atoms with van der Waals surface area (Å²) in [6.07, 6.45) is 3.12. The number of methoxy groups -OCH3 is 1. The lowest BCUT2D eigenvalue weighted by atomic mass is 10.6. The normalized spacial score (nSPS) is 9.36. The van der Waals surface area contributed by atoms with E-state index < -0.39 is 0 Å². The lowest BCUT2D eigenvalue weighted by molar-refractivity contribution is 0.410. The van der Waals surface area contributed by atoms with Gasteiger partial charge >= 0.3 is 0 Å². The molecule has 0 fully saturated rings. The van der Waals surface area contributed by atoms with E-state index in [-0.39, 0.29) is 0 Å². The lowest BCUT2D eigenvalue weighted by Crippen LogP contribution is -2.26. The van der Waals surface area contributed by atoms with Gasteiger partial charge in [-0.15, -0.1) is 0 Å². The molecule has 0 unspecified atom stereocenters. The number of aromatic nitrogens is 2. The highest BCUT2D eigenvalue weighted by molar-refractivity contribution is 5.27. The molecule has 0 saturated heterocycles. The predicted octanol–water partition coefficient (Wildman–Crippen LogP) is -0.205. The number of ether oxygens (including phenoxy) is 1. The molecule has 0 aromatic carbocycles. The molecule has 0 bridgehead atoms. The Bertz CT molecular complexity index is 221. The number of hydrazine groups is 1. The van der Waals surface area contributed by atoms with Gasteiger partial charge in [-0.1, -0.05) is 0 Å². The zero-order chi connectivity index (χ0) is 8.27. The molecule has 0 aliphatic carbocycles. The van der Waals surface area contributed by atoms with E-state index in [0.29, 0.717) is 11.7 Å². The summed E-state index contributed by atoms with van der Waals surface area (Å²) in [6.45, 7) is 0. The van der Waals surface area contributed by atoms with Crippen molar-refractivity contribution in [2.45, 2.75) is 0 Å². The Labute approximate surface area is 64.8 Å². The fourth-order valence-corrected chi connectivity index (χ4v) is 0.597. The van der Waals surface area contributed by atoms with Gasteiger partial charge in [-0.2, -0.15) is 0 Å². The molecule has 0 aliphatic heterocycles. The monoisotopic (exact) mass is 154 g/mol. The third-order valence-corrected chi connectivity index (χ3v) is 1.17. The number of hydrogen-bond acceptors (Lipinski definition) is 5. The molecular formula is C6H10N4O. The van der Waals surface area contributed by atoms with Gasteiger partial charge in [-0.3, -0.25) is 5.01 Å². The molecule has 0 atom stereocenters. The van der Waals surface area contributed by atoms with Crippen LogP contribution in [0.25, 0.3) is 0 Å². The quantitative estimate of drug-likeness (QED) is 0.472. The van der Waals surface area contributed by atoms with E-state index in [2.05, 4.69) is 9.97 Å². The van der Waals surface area contributed by atoms with Gasteiger partial charge in [0.15, 0.2) is 5.75 Å². The Kier molecular flexibility index (Phi) is 2.22. The van der Waals surface area contributed by atoms with Crippen molar-refractivity contribution in [3.63, 3.8) is 0 Å². The Hall–Kier alpha value is -1.36. The summed E-state index contributed by atoms with van der Waals surface area (Å²) < 4.78 is 4.86. The molecule has 5 heteroatoms. The molecule has 1 aromatic heterocycles. The van der Waals surface area contributed by atoms with Crippen LogP contribution in [-0.2, 0) is 0 Å². The molecule has 2 N–H and O–H groups in total. The molecule has 5 nitrogen and oxygen atoms in total. The van der Waals surface area contributed by atoms with E-state index >= 15 is 0 Å². The molecule has 11 heavy (non-hydrogen) atoms. The summed E-state index contributed by atoms with van der Waals surface area (Å²) in [6, 6.07) is 0. The Morgan fingerprint density at radius 2 is 2.00 bits per heavy atom. The van der Waals surface area contributed by atoms with Crippen LogP contribution in [-0.4, -0.2) is 24.1 Å². The van der Waals surface area contributed by atoms with Crippen molar-refractivity contribution in [2.24, 2.45) is 5.84 Å². The topological polar surface area (TPSA) is 64.3 Å². The van der Waals surface area contributed by atoms with E-state index in [4.69, 9.17) is 10.6 Å². The van der Waals surface area contributed by atoms with Crippen molar-refractivity contribution in [1.82, 2.24) is 9.97 Å². The highest BCUT2D eigenvalue weighted by atomic mass is 16.5. The van der Waals surface area contributed by atoms with E-state index in [1.807, 2.05) is 0 Å². The van der Waals surface area contributed by atoms with Crippen molar-refractivity contribution < 1.29 is 4.74 Å². The maximum atomic E-state index is 5.37. The van der Waals surface area contributed by atoms with Crippen LogP contribution < -0.4 is 15.6 Å². The largest absolute Gasteiger partial charge is 0.494 e. The zero-order valence-corrected chi connectivity index (χ0v) is 6.48.